The van der Waals surface area contributed by atoms with Gasteiger partial charge in [0.25, 0.3) is 0 Å². The number of hydrogen-bond donors (Lipinski definition) is 1. The zero-order valence-electron chi connectivity index (χ0n) is 19.2. The highest BCUT2D eigenvalue weighted by atomic mass is 16.5. The van der Waals surface area contributed by atoms with Crippen LogP contribution >= 0.6 is 0 Å². The summed E-state index contributed by atoms with van der Waals surface area (Å²) >= 11 is 0. The molecule has 32 heavy (non-hydrogen) atoms. The maximum atomic E-state index is 10.1. The summed E-state index contributed by atoms with van der Waals surface area (Å²) in [5.74, 6) is 0.988. The third-order valence-electron chi connectivity index (χ3n) is 6.84. The van der Waals surface area contributed by atoms with E-state index in [0.29, 0.717) is 5.57 Å². The van der Waals surface area contributed by atoms with Gasteiger partial charge in [0.05, 0.1) is 36.2 Å². The molecule has 1 N–H and O–H groups in total. The predicted molar refractivity (Wildman–Crippen MR) is 128 cm³/mol. The van der Waals surface area contributed by atoms with Crippen LogP contribution in [-0.4, -0.2) is 39.9 Å². The van der Waals surface area contributed by atoms with E-state index in [-0.39, 0.29) is 23.3 Å². The van der Waals surface area contributed by atoms with Gasteiger partial charge in [0.1, 0.15) is 17.6 Å². The second-order valence-corrected chi connectivity index (χ2v) is 10.1. The molecule has 0 radical (unpaired) electrons. The van der Waals surface area contributed by atoms with Crippen LogP contribution in [0.15, 0.2) is 66.6 Å². The van der Waals surface area contributed by atoms with Gasteiger partial charge in [-0.3, -0.25) is 0 Å². The van der Waals surface area contributed by atoms with Gasteiger partial charge in [-0.05, 0) is 35.3 Å². The molecule has 2 aromatic rings. The lowest BCUT2D eigenvalue weighted by molar-refractivity contribution is 0.0262. The molecule has 5 heteroatoms. The number of aromatic nitrogens is 1. The maximum Gasteiger partial charge on any atom is 0.129 e. The van der Waals surface area contributed by atoms with Gasteiger partial charge in [-0.1, -0.05) is 40.0 Å². The lowest BCUT2D eigenvalue weighted by atomic mass is 9.83. The van der Waals surface area contributed by atoms with E-state index < -0.39 is 0 Å². The molecular weight excluding hydrogens is 400 g/mol. The first kappa shape index (κ1) is 21.0. The summed E-state index contributed by atoms with van der Waals surface area (Å²) in [6.45, 7) is 17.1. The third kappa shape index (κ3) is 3.45. The first-order valence-electron chi connectivity index (χ1n) is 11.4. The molecule has 3 aliphatic rings. The van der Waals surface area contributed by atoms with Crippen LogP contribution in [0.1, 0.15) is 39.3 Å². The van der Waals surface area contributed by atoms with Crippen molar-refractivity contribution in [2.45, 2.75) is 52.3 Å². The van der Waals surface area contributed by atoms with Crippen molar-refractivity contribution >= 4 is 16.6 Å². The molecule has 1 aromatic heterocycles. The fourth-order valence-corrected chi connectivity index (χ4v) is 5.03. The highest BCUT2D eigenvalue weighted by Gasteiger charge is 2.39. The average molecular weight is 433 g/mol. The molecule has 1 saturated heterocycles. The number of benzene rings is 1. The normalized spacial score (nSPS) is 21.7. The molecule has 5 rings (SSSR count). The minimum Gasteiger partial charge on any atom is -0.508 e. The molecule has 1 fully saturated rings. The molecule has 0 saturated carbocycles. The summed E-state index contributed by atoms with van der Waals surface area (Å²) in [4.78, 5) is 2.29. The quantitative estimate of drug-likeness (QED) is 0.623. The molecule has 0 amide bonds. The van der Waals surface area contributed by atoms with Crippen LogP contribution in [0.25, 0.3) is 16.6 Å². The molecule has 0 spiro atoms. The van der Waals surface area contributed by atoms with Gasteiger partial charge in [-0.25, -0.2) is 0 Å². The molecule has 0 bridgehead atoms. The van der Waals surface area contributed by atoms with E-state index in [2.05, 4.69) is 73.7 Å². The number of aliphatic hydroxyl groups excluding tert-OH is 1. The second kappa shape index (κ2) is 7.59. The number of aliphatic hydroxyl groups is 1. The summed E-state index contributed by atoms with van der Waals surface area (Å²) < 4.78 is 14.3. The number of allylic oxidation sites excluding steroid dienone is 2. The summed E-state index contributed by atoms with van der Waals surface area (Å²) in [5, 5.41) is 11.3. The Morgan fingerprint density at radius 2 is 1.97 bits per heavy atom. The first-order valence-corrected chi connectivity index (χ1v) is 11.4. The fraction of sp³-hybridized carbons (Fsp3) is 0.407. The van der Waals surface area contributed by atoms with E-state index in [1.54, 1.807) is 0 Å². The van der Waals surface area contributed by atoms with Crippen molar-refractivity contribution in [3.8, 4) is 5.75 Å². The van der Waals surface area contributed by atoms with Crippen LogP contribution < -0.4 is 4.74 Å². The van der Waals surface area contributed by atoms with E-state index in [1.165, 1.54) is 5.52 Å². The van der Waals surface area contributed by atoms with E-state index >= 15 is 0 Å². The van der Waals surface area contributed by atoms with Gasteiger partial charge in [-0.15, -0.1) is 0 Å². The Morgan fingerprint density at radius 1 is 1.22 bits per heavy atom. The monoisotopic (exact) mass is 432 g/mol. The van der Waals surface area contributed by atoms with Gasteiger partial charge in [-0.2, -0.15) is 0 Å². The predicted octanol–water partition coefficient (Wildman–Crippen LogP) is 5.80. The van der Waals surface area contributed by atoms with Crippen molar-refractivity contribution in [1.82, 2.24) is 9.47 Å². The van der Waals surface area contributed by atoms with Crippen LogP contribution in [-0.2, 0) is 11.3 Å². The van der Waals surface area contributed by atoms with Crippen LogP contribution in [0.5, 0.6) is 5.75 Å². The smallest absolute Gasteiger partial charge is 0.129 e. The van der Waals surface area contributed by atoms with Crippen molar-refractivity contribution in [2.24, 2.45) is 5.41 Å². The molecule has 3 aliphatic heterocycles. The van der Waals surface area contributed by atoms with Crippen molar-refractivity contribution in [2.75, 3.05) is 13.2 Å². The van der Waals surface area contributed by atoms with Crippen LogP contribution in [0, 0.1) is 5.41 Å². The Kier molecular flexibility index (Phi) is 4.97. The largest absolute Gasteiger partial charge is 0.508 e. The highest BCUT2D eigenvalue weighted by Crippen LogP contribution is 2.44. The SMILES string of the molecule is C=C(O)C1=CN2C(=CC1=C)c1cc3c(OC4CCOCC4)cccc3n1CC2C(C)(C)C. The molecule has 0 aliphatic carbocycles. The van der Waals surface area contributed by atoms with Gasteiger partial charge in [0.2, 0.25) is 0 Å². The number of nitrogens with zero attached hydrogens (tertiary/aromatic N) is 2. The molecule has 4 heterocycles. The van der Waals surface area contributed by atoms with Crippen LogP contribution in [0.3, 0.4) is 0 Å². The summed E-state index contributed by atoms with van der Waals surface area (Å²) in [5.41, 5.74) is 4.90. The second-order valence-electron chi connectivity index (χ2n) is 10.1. The van der Waals surface area contributed by atoms with E-state index in [4.69, 9.17) is 9.47 Å². The molecule has 5 nitrogen and oxygen atoms in total. The Morgan fingerprint density at radius 3 is 2.66 bits per heavy atom. The third-order valence-corrected chi connectivity index (χ3v) is 6.84. The molecule has 1 unspecified atom stereocenters. The van der Waals surface area contributed by atoms with E-state index in [0.717, 1.165) is 60.7 Å². The maximum absolute atomic E-state index is 10.1. The van der Waals surface area contributed by atoms with Crippen molar-refractivity contribution in [3.63, 3.8) is 0 Å². The molecule has 1 atom stereocenters. The summed E-state index contributed by atoms with van der Waals surface area (Å²) in [6, 6.07) is 8.79. The van der Waals surface area contributed by atoms with E-state index in [1.807, 2.05) is 6.20 Å². The van der Waals surface area contributed by atoms with Crippen molar-refractivity contribution < 1.29 is 14.6 Å². The fourth-order valence-electron chi connectivity index (χ4n) is 5.03. The topological polar surface area (TPSA) is 46.9 Å². The van der Waals surface area contributed by atoms with Gasteiger partial charge in [0, 0.05) is 36.5 Å². The number of hydrogen-bond acceptors (Lipinski definition) is 4. The Hall–Kier alpha value is -2.92. The Labute approximate surface area is 189 Å². The minimum absolute atomic E-state index is 0.0145. The van der Waals surface area contributed by atoms with Gasteiger partial charge >= 0.3 is 0 Å². The summed E-state index contributed by atoms with van der Waals surface area (Å²) in [7, 11) is 0. The van der Waals surface area contributed by atoms with Crippen LogP contribution in [0.4, 0.5) is 0 Å². The van der Waals surface area contributed by atoms with Crippen LogP contribution in [0.2, 0.25) is 0 Å². The number of fused-ring (bicyclic) bond motifs is 5. The number of ether oxygens (including phenoxy) is 2. The first-order chi connectivity index (χ1) is 15.2. The van der Waals surface area contributed by atoms with Gasteiger partial charge < -0.3 is 24.0 Å². The molecule has 1 aromatic carbocycles. The zero-order chi connectivity index (χ0) is 22.6. The molecular formula is C27H32N2O3. The standard InChI is InChI=1S/C27H32N2O3/c1-17-13-23-24-14-20-22(7-6-8-25(20)32-19-9-11-31-12-10-19)28(24)16-26(27(3,4)5)29(23)15-21(17)18(2)30/h6-8,13-15,19,26,30H,1-2,9-12,16H2,3-5H3. The average Bonchev–Trinajstić information content (AvgIpc) is 3.13. The Bertz CT molecular complexity index is 1160. The van der Waals surface area contributed by atoms with Crippen molar-refractivity contribution in [3.05, 3.63) is 72.3 Å². The number of rotatable bonds is 3. The highest BCUT2D eigenvalue weighted by molar-refractivity contribution is 5.92. The minimum atomic E-state index is 0.0145. The zero-order valence-corrected chi connectivity index (χ0v) is 19.2. The summed E-state index contributed by atoms with van der Waals surface area (Å²) in [6.07, 6.45) is 6.12. The van der Waals surface area contributed by atoms with E-state index in [9.17, 15) is 5.11 Å². The molecule has 168 valence electrons. The lowest BCUT2D eigenvalue weighted by Gasteiger charge is -2.46. The Balaban J connectivity index is 1.63. The lowest BCUT2D eigenvalue weighted by Crippen LogP contribution is -2.47. The van der Waals surface area contributed by atoms with Crippen molar-refractivity contribution in [1.29, 1.82) is 0 Å². The van der Waals surface area contributed by atoms with Gasteiger partial charge in [0.15, 0.2) is 0 Å².